The number of nitrogens with zero attached hydrogens (tertiary/aromatic N) is 3. The third-order valence-electron chi connectivity index (χ3n) is 4.79. The highest BCUT2D eigenvalue weighted by Gasteiger charge is 2.48. The van der Waals surface area contributed by atoms with Gasteiger partial charge >= 0.3 is 0 Å². The minimum atomic E-state index is 0.0179. The predicted molar refractivity (Wildman–Crippen MR) is 89.1 cm³/mol. The van der Waals surface area contributed by atoms with Crippen LogP contribution >= 0.6 is 0 Å². The number of rotatable bonds is 5. The number of anilines is 1. The Labute approximate surface area is 136 Å². The summed E-state index contributed by atoms with van der Waals surface area (Å²) < 4.78 is 6.11. The lowest BCUT2D eigenvalue weighted by molar-refractivity contribution is -0.00331. The van der Waals surface area contributed by atoms with Gasteiger partial charge < -0.3 is 10.1 Å². The van der Waals surface area contributed by atoms with Crippen LogP contribution in [0.3, 0.4) is 0 Å². The molecule has 23 heavy (non-hydrogen) atoms. The Balaban J connectivity index is 1.54. The van der Waals surface area contributed by atoms with Gasteiger partial charge in [0.2, 0.25) is 0 Å². The summed E-state index contributed by atoms with van der Waals surface area (Å²) >= 11 is 0. The Morgan fingerprint density at radius 3 is 2.87 bits per heavy atom. The van der Waals surface area contributed by atoms with E-state index >= 15 is 0 Å². The Hall–Kier alpha value is -2.01. The molecule has 1 N–H and O–H groups in total. The maximum Gasteiger partial charge on any atom is 0.130 e. The topological polar surface area (TPSA) is 59.9 Å². The van der Waals surface area contributed by atoms with Gasteiger partial charge in [-0.1, -0.05) is 6.07 Å². The van der Waals surface area contributed by atoms with Gasteiger partial charge in [-0.2, -0.15) is 0 Å². The first-order chi connectivity index (χ1) is 11.3. The van der Waals surface area contributed by atoms with E-state index < -0.39 is 0 Å². The predicted octanol–water partition coefficient (Wildman–Crippen LogP) is 3.22. The quantitative estimate of drug-likeness (QED) is 0.919. The lowest BCUT2D eigenvalue weighted by Crippen LogP contribution is -2.38. The van der Waals surface area contributed by atoms with Crippen LogP contribution in [0.25, 0.3) is 11.4 Å². The van der Waals surface area contributed by atoms with Crippen molar-refractivity contribution >= 4 is 5.82 Å². The summed E-state index contributed by atoms with van der Waals surface area (Å²) in [6.45, 7) is 3.64. The van der Waals surface area contributed by atoms with Gasteiger partial charge in [0, 0.05) is 25.4 Å². The molecule has 2 aromatic heterocycles. The molecular weight excluding hydrogens is 288 g/mol. The second-order valence-corrected chi connectivity index (χ2v) is 6.55. The number of aryl methyl sites for hydroxylation is 1. The standard InChI is InChI=1S/C18H22N4O/c1-13-21-16(15-5-2-3-9-19-15)11-17(22-13)20-12-18(14-6-7-14)8-4-10-23-18/h2-3,5,9,11,14H,4,6-8,10,12H2,1H3,(H,20,21,22). The summed E-state index contributed by atoms with van der Waals surface area (Å²) in [6, 6.07) is 7.83. The summed E-state index contributed by atoms with van der Waals surface area (Å²) in [6.07, 6.45) is 6.70. The van der Waals surface area contributed by atoms with Crippen molar-refractivity contribution in [1.82, 2.24) is 15.0 Å². The molecule has 1 atom stereocenters. The number of aromatic nitrogens is 3. The highest BCUT2D eigenvalue weighted by atomic mass is 16.5. The molecule has 2 fully saturated rings. The molecule has 0 bridgehead atoms. The largest absolute Gasteiger partial charge is 0.373 e. The molecule has 0 radical (unpaired) electrons. The Bertz CT molecular complexity index is 679. The minimum Gasteiger partial charge on any atom is -0.373 e. The van der Waals surface area contributed by atoms with E-state index in [1.165, 1.54) is 19.3 Å². The molecule has 1 saturated heterocycles. The molecule has 3 heterocycles. The van der Waals surface area contributed by atoms with Crippen molar-refractivity contribution in [1.29, 1.82) is 0 Å². The van der Waals surface area contributed by atoms with E-state index in [9.17, 15) is 0 Å². The fourth-order valence-electron chi connectivity index (χ4n) is 3.48. The molecule has 4 rings (SSSR count). The first-order valence-electron chi connectivity index (χ1n) is 8.40. The highest BCUT2D eigenvalue weighted by Crippen LogP contribution is 2.47. The lowest BCUT2D eigenvalue weighted by atomic mass is 9.94. The van der Waals surface area contributed by atoms with Crippen molar-refractivity contribution in [2.45, 2.75) is 38.2 Å². The molecule has 1 saturated carbocycles. The van der Waals surface area contributed by atoms with Crippen molar-refractivity contribution in [3.63, 3.8) is 0 Å². The second-order valence-electron chi connectivity index (χ2n) is 6.55. The zero-order valence-corrected chi connectivity index (χ0v) is 13.5. The normalized spacial score (nSPS) is 23.9. The number of pyridine rings is 1. The maximum absolute atomic E-state index is 6.11. The number of nitrogens with one attached hydrogen (secondary N) is 1. The van der Waals surface area contributed by atoms with Gasteiger partial charge in [0.25, 0.3) is 0 Å². The molecule has 0 spiro atoms. The van der Waals surface area contributed by atoms with E-state index in [0.717, 1.165) is 48.5 Å². The number of ether oxygens (including phenoxy) is 1. The maximum atomic E-state index is 6.11. The molecule has 2 aliphatic rings. The van der Waals surface area contributed by atoms with Gasteiger partial charge in [0.15, 0.2) is 0 Å². The molecule has 0 amide bonds. The molecular formula is C18H22N4O. The fourth-order valence-corrected chi connectivity index (χ4v) is 3.48. The third-order valence-corrected chi connectivity index (χ3v) is 4.79. The first-order valence-corrected chi connectivity index (χ1v) is 8.40. The van der Waals surface area contributed by atoms with E-state index in [1.54, 1.807) is 6.20 Å². The van der Waals surface area contributed by atoms with Crippen molar-refractivity contribution in [3.8, 4) is 11.4 Å². The van der Waals surface area contributed by atoms with Crippen LogP contribution in [0.5, 0.6) is 0 Å². The van der Waals surface area contributed by atoms with Crippen LogP contribution in [0.15, 0.2) is 30.5 Å². The van der Waals surface area contributed by atoms with E-state index in [-0.39, 0.29) is 5.60 Å². The molecule has 0 aromatic carbocycles. The number of hydrogen-bond acceptors (Lipinski definition) is 5. The zero-order valence-electron chi connectivity index (χ0n) is 13.5. The zero-order chi connectivity index (χ0) is 15.7. The second kappa shape index (κ2) is 5.89. The molecule has 1 aliphatic heterocycles. The Kier molecular flexibility index (Phi) is 3.73. The molecule has 1 unspecified atom stereocenters. The van der Waals surface area contributed by atoms with Crippen molar-refractivity contribution in [2.75, 3.05) is 18.5 Å². The van der Waals surface area contributed by atoms with E-state index in [2.05, 4.69) is 20.3 Å². The summed E-state index contributed by atoms with van der Waals surface area (Å²) in [7, 11) is 0. The van der Waals surface area contributed by atoms with Crippen LogP contribution in [0.1, 0.15) is 31.5 Å². The van der Waals surface area contributed by atoms with Gasteiger partial charge in [-0.15, -0.1) is 0 Å². The van der Waals surface area contributed by atoms with Gasteiger partial charge in [-0.25, -0.2) is 9.97 Å². The smallest absolute Gasteiger partial charge is 0.130 e. The van der Waals surface area contributed by atoms with Crippen LogP contribution in [-0.2, 0) is 4.74 Å². The average molecular weight is 310 g/mol. The van der Waals surface area contributed by atoms with Crippen molar-refractivity contribution < 1.29 is 4.74 Å². The van der Waals surface area contributed by atoms with Crippen molar-refractivity contribution in [3.05, 3.63) is 36.3 Å². The minimum absolute atomic E-state index is 0.0179. The van der Waals surface area contributed by atoms with Crippen LogP contribution < -0.4 is 5.32 Å². The summed E-state index contributed by atoms with van der Waals surface area (Å²) in [5.74, 6) is 2.33. The van der Waals surface area contributed by atoms with E-state index in [1.807, 2.05) is 31.2 Å². The molecule has 2 aromatic rings. The van der Waals surface area contributed by atoms with Crippen LogP contribution in [-0.4, -0.2) is 33.7 Å². The van der Waals surface area contributed by atoms with E-state index in [4.69, 9.17) is 4.74 Å². The summed E-state index contributed by atoms with van der Waals surface area (Å²) in [4.78, 5) is 13.4. The van der Waals surface area contributed by atoms with Gasteiger partial charge in [0.1, 0.15) is 11.6 Å². The fraction of sp³-hybridized carbons (Fsp3) is 0.500. The van der Waals surface area contributed by atoms with E-state index in [0.29, 0.717) is 0 Å². The molecule has 5 nitrogen and oxygen atoms in total. The lowest BCUT2D eigenvalue weighted by Gasteiger charge is -2.29. The average Bonchev–Trinajstić information content (AvgIpc) is 3.33. The molecule has 5 heteroatoms. The SMILES string of the molecule is Cc1nc(NCC2(C3CC3)CCCO2)cc(-c2ccccn2)n1. The van der Waals surface area contributed by atoms with Crippen LogP contribution in [0.4, 0.5) is 5.82 Å². The van der Waals surface area contributed by atoms with Crippen LogP contribution in [0.2, 0.25) is 0 Å². The molecule has 120 valence electrons. The van der Waals surface area contributed by atoms with Gasteiger partial charge in [-0.3, -0.25) is 4.98 Å². The molecule has 1 aliphatic carbocycles. The van der Waals surface area contributed by atoms with Crippen molar-refractivity contribution in [2.24, 2.45) is 5.92 Å². The first kappa shape index (κ1) is 14.6. The summed E-state index contributed by atoms with van der Waals surface area (Å²) in [5.41, 5.74) is 1.74. The Morgan fingerprint density at radius 2 is 2.17 bits per heavy atom. The Morgan fingerprint density at radius 1 is 1.26 bits per heavy atom. The third kappa shape index (κ3) is 3.06. The van der Waals surface area contributed by atoms with Crippen LogP contribution in [0, 0.1) is 12.8 Å². The summed E-state index contributed by atoms with van der Waals surface area (Å²) in [5, 5.41) is 3.50. The van der Waals surface area contributed by atoms with Gasteiger partial charge in [0.05, 0.1) is 17.0 Å². The number of hydrogen-bond donors (Lipinski definition) is 1. The van der Waals surface area contributed by atoms with Gasteiger partial charge in [-0.05, 0) is 50.7 Å². The monoisotopic (exact) mass is 310 g/mol. The highest BCUT2D eigenvalue weighted by molar-refractivity contribution is 5.58.